The number of hydrogen-bond acceptors (Lipinski definition) is 2. The predicted octanol–water partition coefficient (Wildman–Crippen LogP) is -0.0465. The van der Waals surface area contributed by atoms with Crippen LogP contribution in [-0.2, 0) is 4.79 Å². The maximum Gasteiger partial charge on any atom is 0.320 e. The van der Waals surface area contributed by atoms with Crippen LogP contribution in [0.15, 0.2) is 0 Å². The monoisotopic (exact) mass is 153 g/mol. The molecule has 0 saturated carbocycles. The van der Waals surface area contributed by atoms with Crippen LogP contribution < -0.4 is 5.73 Å². The Kier molecular flexibility index (Phi) is 3.87. The Balaban J connectivity index is 3.88. The van der Waals surface area contributed by atoms with Gasteiger partial charge in [-0.2, -0.15) is 0 Å². The van der Waals surface area contributed by atoms with Crippen molar-refractivity contribution in [1.82, 2.24) is 0 Å². The Hall–Kier alpha value is -0.710. The molecule has 3 N–H and O–H groups in total. The van der Waals surface area contributed by atoms with Crippen LogP contribution in [0.4, 0.5) is 8.78 Å². The molecule has 0 fully saturated rings. The van der Waals surface area contributed by atoms with E-state index in [1.807, 2.05) is 0 Å². The number of nitrogens with two attached hydrogens (primary N) is 1. The third-order valence-electron chi connectivity index (χ3n) is 1.19. The molecule has 0 aliphatic rings. The second-order valence-corrected chi connectivity index (χ2v) is 1.93. The van der Waals surface area contributed by atoms with Gasteiger partial charge in [-0.1, -0.05) is 0 Å². The van der Waals surface area contributed by atoms with E-state index in [-0.39, 0.29) is 0 Å². The maximum atomic E-state index is 11.7. The van der Waals surface area contributed by atoms with Gasteiger partial charge in [0.25, 0.3) is 0 Å². The van der Waals surface area contributed by atoms with Gasteiger partial charge in [0.05, 0.1) is 13.3 Å². The number of carbonyl (C=O) groups is 1. The number of rotatable bonds is 4. The third-order valence-corrected chi connectivity index (χ3v) is 1.19. The number of hydrogen-bond donors (Lipinski definition) is 2. The molecule has 0 saturated heterocycles. The van der Waals surface area contributed by atoms with Gasteiger partial charge in [-0.15, -0.1) is 0 Å². The molecule has 0 rings (SSSR count). The van der Waals surface area contributed by atoms with Crippen molar-refractivity contribution in [2.75, 3.05) is 13.3 Å². The molecule has 0 radical (unpaired) electrons. The van der Waals surface area contributed by atoms with Crippen LogP contribution in [0, 0.1) is 5.92 Å². The van der Waals surface area contributed by atoms with E-state index in [1.54, 1.807) is 0 Å². The second-order valence-electron chi connectivity index (χ2n) is 1.93. The lowest BCUT2D eigenvalue weighted by Gasteiger charge is -2.12. The van der Waals surface area contributed by atoms with Gasteiger partial charge in [-0.25, -0.2) is 0 Å². The van der Waals surface area contributed by atoms with Crippen molar-refractivity contribution in [3.8, 4) is 0 Å². The first kappa shape index (κ1) is 9.29. The van der Waals surface area contributed by atoms with Crippen LogP contribution in [0.5, 0.6) is 0 Å². The molecular formula is C5H9F2NO2. The molecule has 0 aromatic heterocycles. The lowest BCUT2D eigenvalue weighted by Crippen LogP contribution is -2.40. The van der Waals surface area contributed by atoms with E-state index in [9.17, 15) is 13.6 Å². The van der Waals surface area contributed by atoms with Crippen molar-refractivity contribution < 1.29 is 18.7 Å². The quantitative estimate of drug-likeness (QED) is 0.595. The van der Waals surface area contributed by atoms with Gasteiger partial charge >= 0.3 is 5.97 Å². The zero-order valence-corrected chi connectivity index (χ0v) is 5.26. The summed E-state index contributed by atoms with van der Waals surface area (Å²) in [7, 11) is 0. The summed E-state index contributed by atoms with van der Waals surface area (Å²) in [6.07, 6.45) is 0. The minimum Gasteiger partial charge on any atom is -0.480 e. The molecule has 1 unspecified atom stereocenters. The highest BCUT2D eigenvalue weighted by atomic mass is 19.1. The minimum atomic E-state index is -1.44. The molecule has 0 spiro atoms. The fourth-order valence-electron chi connectivity index (χ4n) is 0.435. The van der Waals surface area contributed by atoms with Crippen LogP contribution >= 0.6 is 0 Å². The van der Waals surface area contributed by atoms with Gasteiger partial charge in [0.1, 0.15) is 6.04 Å². The van der Waals surface area contributed by atoms with E-state index < -0.39 is 31.3 Å². The Bertz CT molecular complexity index is 116. The number of aliphatic carboxylic acids is 1. The van der Waals surface area contributed by atoms with E-state index in [4.69, 9.17) is 10.8 Å². The van der Waals surface area contributed by atoms with Gasteiger partial charge in [-0.3, -0.25) is 13.6 Å². The highest BCUT2D eigenvalue weighted by Crippen LogP contribution is 2.03. The Morgan fingerprint density at radius 3 is 2.00 bits per heavy atom. The molecule has 0 aliphatic heterocycles. The largest absolute Gasteiger partial charge is 0.480 e. The standard InChI is InChI=1S/C5H9F2NO2/c6-1-3(2-7)4(8)5(9)10/h3-4H,1-2,8H2,(H,9,10). The number of alkyl halides is 2. The molecule has 1 atom stereocenters. The zero-order chi connectivity index (χ0) is 8.15. The molecule has 0 aromatic carbocycles. The molecule has 0 heterocycles. The predicted molar refractivity (Wildman–Crippen MR) is 31.1 cm³/mol. The molecule has 60 valence electrons. The van der Waals surface area contributed by atoms with E-state index in [2.05, 4.69) is 0 Å². The van der Waals surface area contributed by atoms with Crippen LogP contribution in [0.1, 0.15) is 0 Å². The van der Waals surface area contributed by atoms with Gasteiger partial charge in [0.15, 0.2) is 0 Å². The van der Waals surface area contributed by atoms with E-state index in [0.717, 1.165) is 0 Å². The molecule has 3 nitrogen and oxygen atoms in total. The topological polar surface area (TPSA) is 63.3 Å². The van der Waals surface area contributed by atoms with E-state index in [0.29, 0.717) is 0 Å². The molecule has 0 amide bonds. The summed E-state index contributed by atoms with van der Waals surface area (Å²) in [5, 5.41) is 8.16. The fourth-order valence-corrected chi connectivity index (χ4v) is 0.435. The lowest BCUT2D eigenvalue weighted by molar-refractivity contribution is -0.140. The minimum absolute atomic E-state index is 1.04. The molecular weight excluding hydrogens is 144 g/mol. The van der Waals surface area contributed by atoms with Crippen molar-refractivity contribution in [1.29, 1.82) is 0 Å². The molecule has 0 aromatic rings. The first-order valence-corrected chi connectivity index (χ1v) is 2.73. The van der Waals surface area contributed by atoms with Crippen molar-refractivity contribution >= 4 is 5.97 Å². The fraction of sp³-hybridized carbons (Fsp3) is 0.800. The molecule has 10 heavy (non-hydrogen) atoms. The van der Waals surface area contributed by atoms with Gasteiger partial charge in [0, 0.05) is 5.92 Å². The summed E-state index contributed by atoms with van der Waals surface area (Å²) in [6, 6.07) is -1.44. The lowest BCUT2D eigenvalue weighted by atomic mass is 10.0. The van der Waals surface area contributed by atoms with Crippen LogP contribution in [-0.4, -0.2) is 30.5 Å². The van der Waals surface area contributed by atoms with E-state index >= 15 is 0 Å². The second kappa shape index (κ2) is 4.16. The summed E-state index contributed by atoms with van der Waals surface area (Å²) >= 11 is 0. The Labute approximate surface area is 56.8 Å². The van der Waals surface area contributed by atoms with Crippen molar-refractivity contribution in [3.63, 3.8) is 0 Å². The maximum absolute atomic E-state index is 11.7. The Morgan fingerprint density at radius 2 is 1.90 bits per heavy atom. The summed E-state index contributed by atoms with van der Waals surface area (Å²) in [5.74, 6) is -2.59. The van der Waals surface area contributed by atoms with Gasteiger partial charge < -0.3 is 10.8 Å². The summed E-state index contributed by atoms with van der Waals surface area (Å²) in [4.78, 5) is 10.0. The van der Waals surface area contributed by atoms with E-state index in [1.165, 1.54) is 0 Å². The third kappa shape index (κ3) is 2.26. The zero-order valence-electron chi connectivity index (χ0n) is 5.26. The van der Waals surface area contributed by atoms with Crippen LogP contribution in [0.25, 0.3) is 0 Å². The van der Waals surface area contributed by atoms with Gasteiger partial charge in [0.2, 0.25) is 0 Å². The number of halogens is 2. The number of carboxylic acid groups (broad SMARTS) is 1. The van der Waals surface area contributed by atoms with Crippen molar-refractivity contribution in [2.24, 2.45) is 11.7 Å². The Morgan fingerprint density at radius 1 is 1.50 bits per heavy atom. The molecule has 0 aliphatic carbocycles. The normalized spacial score (nSPS) is 13.6. The molecule has 5 heteroatoms. The SMILES string of the molecule is NC(C(=O)O)C(CF)CF. The van der Waals surface area contributed by atoms with Gasteiger partial charge in [-0.05, 0) is 0 Å². The smallest absolute Gasteiger partial charge is 0.320 e. The summed E-state index contributed by atoms with van der Waals surface area (Å²) < 4.78 is 23.4. The average Bonchev–Trinajstić information content (AvgIpc) is 1.90. The first-order valence-electron chi connectivity index (χ1n) is 2.73. The van der Waals surface area contributed by atoms with Crippen LogP contribution in [0.2, 0.25) is 0 Å². The highest BCUT2D eigenvalue weighted by molar-refractivity contribution is 5.73. The highest BCUT2D eigenvalue weighted by Gasteiger charge is 2.23. The summed E-state index contributed by atoms with van der Waals surface area (Å²) in [6.45, 7) is -2.08. The summed E-state index contributed by atoms with van der Waals surface area (Å²) in [5.41, 5.74) is 4.90. The van der Waals surface area contributed by atoms with Crippen molar-refractivity contribution in [2.45, 2.75) is 6.04 Å². The molecule has 0 bridgehead atoms. The average molecular weight is 153 g/mol. The first-order chi connectivity index (χ1) is 4.63. The van der Waals surface area contributed by atoms with Crippen LogP contribution in [0.3, 0.4) is 0 Å². The number of carboxylic acids is 1. The van der Waals surface area contributed by atoms with Crippen molar-refractivity contribution in [3.05, 3.63) is 0 Å².